The van der Waals surface area contributed by atoms with Gasteiger partial charge in [-0.1, -0.05) is 12.1 Å². The third-order valence-electron chi connectivity index (χ3n) is 3.37. The molecular weight excluding hydrogens is 409 g/mol. The first-order chi connectivity index (χ1) is 13.1. The van der Waals surface area contributed by atoms with E-state index in [9.17, 15) is 9.59 Å². The summed E-state index contributed by atoms with van der Waals surface area (Å²) in [5.41, 5.74) is 4.15. The fraction of sp³-hybridized carbons (Fsp3) is 0.294. The molecule has 0 unspecified atom stereocenters. The zero-order chi connectivity index (χ0) is 19.5. The maximum Gasteiger partial charge on any atom is 0.249 e. The van der Waals surface area contributed by atoms with Crippen molar-refractivity contribution in [2.24, 2.45) is 5.10 Å². The summed E-state index contributed by atoms with van der Waals surface area (Å²) in [6, 6.07) is 7.61. The molecule has 0 aliphatic heterocycles. The first kappa shape index (κ1) is 21.1. The van der Waals surface area contributed by atoms with Gasteiger partial charge in [-0.2, -0.15) is 5.10 Å². The molecule has 0 saturated heterocycles. The van der Waals surface area contributed by atoms with Gasteiger partial charge in [-0.05, 0) is 17.7 Å². The van der Waals surface area contributed by atoms with Gasteiger partial charge in [-0.25, -0.2) is 10.4 Å². The van der Waals surface area contributed by atoms with Crippen molar-refractivity contribution in [1.29, 1.82) is 0 Å². The number of thiazole rings is 1. The van der Waals surface area contributed by atoms with Crippen LogP contribution in [-0.4, -0.2) is 47.9 Å². The number of nitrogens with zero attached hydrogens (tertiary/aromatic N) is 3. The number of rotatable bonds is 10. The number of benzene rings is 1. The van der Waals surface area contributed by atoms with Crippen molar-refractivity contribution in [3.05, 3.63) is 41.4 Å². The van der Waals surface area contributed by atoms with Crippen LogP contribution in [0.4, 0.5) is 10.8 Å². The van der Waals surface area contributed by atoms with Crippen molar-refractivity contribution in [2.45, 2.75) is 6.42 Å². The molecule has 10 heteroatoms. The van der Waals surface area contributed by atoms with E-state index in [-0.39, 0.29) is 6.42 Å². The summed E-state index contributed by atoms with van der Waals surface area (Å²) < 4.78 is 0. The van der Waals surface area contributed by atoms with Crippen LogP contribution in [0.25, 0.3) is 0 Å². The molecule has 27 heavy (non-hydrogen) atoms. The molecule has 1 aromatic heterocycles. The molecule has 0 fully saturated rings. The van der Waals surface area contributed by atoms with E-state index in [1.54, 1.807) is 11.6 Å². The molecule has 2 N–H and O–H groups in total. The van der Waals surface area contributed by atoms with Crippen LogP contribution in [0.1, 0.15) is 12.0 Å². The molecule has 0 atom stereocenters. The van der Waals surface area contributed by atoms with Gasteiger partial charge in [0.05, 0.1) is 6.21 Å². The SMILES string of the molecule is O=C(CC(=O)Nc1nccs1)N/N=C/c1ccc(N(CCCl)CCCl)cc1. The van der Waals surface area contributed by atoms with E-state index in [1.807, 2.05) is 24.3 Å². The van der Waals surface area contributed by atoms with E-state index in [1.165, 1.54) is 17.6 Å². The van der Waals surface area contributed by atoms with Crippen LogP contribution < -0.4 is 15.6 Å². The number of halogens is 2. The van der Waals surface area contributed by atoms with Crippen LogP contribution in [0.3, 0.4) is 0 Å². The van der Waals surface area contributed by atoms with Crippen LogP contribution in [0.2, 0.25) is 0 Å². The van der Waals surface area contributed by atoms with Crippen molar-refractivity contribution in [3.8, 4) is 0 Å². The number of carbonyl (C=O) groups is 2. The number of amides is 2. The molecule has 0 aliphatic carbocycles. The molecule has 0 bridgehead atoms. The van der Waals surface area contributed by atoms with Crippen molar-refractivity contribution in [2.75, 3.05) is 35.1 Å². The van der Waals surface area contributed by atoms with Crippen molar-refractivity contribution in [1.82, 2.24) is 10.4 Å². The summed E-state index contributed by atoms with van der Waals surface area (Å²) >= 11 is 12.9. The van der Waals surface area contributed by atoms with Gasteiger partial charge in [0.25, 0.3) is 0 Å². The minimum atomic E-state index is -0.507. The first-order valence-electron chi connectivity index (χ1n) is 8.10. The predicted molar refractivity (Wildman–Crippen MR) is 111 cm³/mol. The quantitative estimate of drug-likeness (QED) is 0.264. The van der Waals surface area contributed by atoms with Gasteiger partial charge in [0.1, 0.15) is 6.42 Å². The molecule has 1 aromatic carbocycles. The van der Waals surface area contributed by atoms with Gasteiger partial charge >= 0.3 is 0 Å². The van der Waals surface area contributed by atoms with E-state index in [4.69, 9.17) is 23.2 Å². The largest absolute Gasteiger partial charge is 0.369 e. The lowest BCUT2D eigenvalue weighted by Crippen LogP contribution is -2.27. The van der Waals surface area contributed by atoms with Crippen LogP contribution in [0.15, 0.2) is 40.9 Å². The number of nitrogens with one attached hydrogen (secondary N) is 2. The van der Waals surface area contributed by atoms with E-state index in [0.717, 1.165) is 11.3 Å². The lowest BCUT2D eigenvalue weighted by atomic mass is 10.2. The summed E-state index contributed by atoms with van der Waals surface area (Å²) in [6.07, 6.45) is 2.75. The average molecular weight is 428 g/mol. The fourth-order valence-electron chi connectivity index (χ4n) is 2.16. The minimum absolute atomic E-state index is 0.332. The number of carbonyl (C=O) groups excluding carboxylic acids is 2. The Hall–Kier alpha value is -2.16. The lowest BCUT2D eigenvalue weighted by Gasteiger charge is -2.22. The van der Waals surface area contributed by atoms with Crippen LogP contribution in [0.5, 0.6) is 0 Å². The molecular formula is C17H19Cl2N5O2S. The monoisotopic (exact) mass is 427 g/mol. The third-order valence-corrected chi connectivity index (χ3v) is 4.40. The molecule has 2 amide bonds. The normalized spacial score (nSPS) is 10.7. The summed E-state index contributed by atoms with van der Waals surface area (Å²) in [6.45, 7) is 1.42. The molecule has 2 aromatic rings. The van der Waals surface area contributed by atoms with Crippen LogP contribution >= 0.6 is 34.5 Å². The third kappa shape index (κ3) is 7.54. The molecule has 0 saturated carbocycles. The topological polar surface area (TPSA) is 86.7 Å². The second kappa shape index (κ2) is 11.5. The number of hydrogen-bond acceptors (Lipinski definition) is 6. The summed E-state index contributed by atoms with van der Waals surface area (Å²) in [5.74, 6) is 0.0813. The molecule has 0 radical (unpaired) electrons. The Morgan fingerprint density at radius 2 is 1.85 bits per heavy atom. The maximum absolute atomic E-state index is 11.7. The van der Waals surface area contributed by atoms with Crippen LogP contribution in [0, 0.1) is 0 Å². The van der Waals surface area contributed by atoms with Gasteiger partial charge in [-0.3, -0.25) is 9.59 Å². The fourth-order valence-corrected chi connectivity index (χ4v) is 3.11. The minimum Gasteiger partial charge on any atom is -0.369 e. The second-order valence-corrected chi connectivity index (χ2v) is 6.96. The van der Waals surface area contributed by atoms with E-state index in [2.05, 4.69) is 25.7 Å². The number of alkyl halides is 2. The molecule has 2 rings (SSSR count). The Bertz CT molecular complexity index is 747. The highest BCUT2D eigenvalue weighted by Crippen LogP contribution is 2.15. The zero-order valence-electron chi connectivity index (χ0n) is 14.4. The van der Waals surface area contributed by atoms with Gasteiger partial charge in [-0.15, -0.1) is 34.5 Å². The number of hydrazone groups is 1. The highest BCUT2D eigenvalue weighted by Gasteiger charge is 2.10. The van der Waals surface area contributed by atoms with Gasteiger partial charge < -0.3 is 10.2 Å². The van der Waals surface area contributed by atoms with Gasteiger partial charge in [0.2, 0.25) is 11.8 Å². The Kier molecular flexibility index (Phi) is 9.03. The Morgan fingerprint density at radius 1 is 1.15 bits per heavy atom. The standard InChI is InChI=1S/C17H19Cl2N5O2S/c18-5-8-24(9-6-19)14-3-1-13(2-4-14)12-21-23-16(26)11-15(25)22-17-20-7-10-27-17/h1-4,7,10,12H,5-6,8-9,11H2,(H,23,26)(H,20,22,25)/b21-12+. The predicted octanol–water partition coefficient (Wildman–Crippen LogP) is 2.91. The Labute approximate surface area is 171 Å². The van der Waals surface area contributed by atoms with Crippen molar-refractivity contribution in [3.63, 3.8) is 0 Å². The molecule has 0 aliphatic rings. The number of aromatic nitrogens is 1. The Balaban J connectivity index is 1.81. The number of anilines is 2. The summed E-state index contributed by atoms with van der Waals surface area (Å²) in [5, 5.41) is 8.58. The smallest absolute Gasteiger partial charge is 0.249 e. The van der Waals surface area contributed by atoms with E-state index < -0.39 is 11.8 Å². The highest BCUT2D eigenvalue weighted by molar-refractivity contribution is 7.13. The summed E-state index contributed by atoms with van der Waals surface area (Å²) in [7, 11) is 0. The van der Waals surface area contributed by atoms with Crippen molar-refractivity contribution < 1.29 is 9.59 Å². The molecule has 1 heterocycles. The van der Waals surface area contributed by atoms with Crippen LogP contribution in [-0.2, 0) is 9.59 Å². The van der Waals surface area contributed by atoms with Gasteiger partial charge in [0.15, 0.2) is 5.13 Å². The lowest BCUT2D eigenvalue weighted by molar-refractivity contribution is -0.126. The second-order valence-electron chi connectivity index (χ2n) is 5.31. The molecule has 7 nitrogen and oxygen atoms in total. The van der Waals surface area contributed by atoms with E-state index >= 15 is 0 Å². The Morgan fingerprint density at radius 3 is 2.44 bits per heavy atom. The average Bonchev–Trinajstić information content (AvgIpc) is 3.15. The maximum atomic E-state index is 11.7. The molecule has 0 spiro atoms. The zero-order valence-corrected chi connectivity index (χ0v) is 16.7. The molecule has 144 valence electrons. The van der Waals surface area contributed by atoms with Crippen molar-refractivity contribution >= 4 is 63.4 Å². The van der Waals surface area contributed by atoms with E-state index in [0.29, 0.717) is 30.0 Å². The summed E-state index contributed by atoms with van der Waals surface area (Å²) in [4.78, 5) is 29.4. The first-order valence-corrected chi connectivity index (χ1v) is 10.1. The number of hydrogen-bond donors (Lipinski definition) is 2. The van der Waals surface area contributed by atoms with Gasteiger partial charge in [0, 0.05) is 42.1 Å². The highest BCUT2D eigenvalue weighted by atomic mass is 35.5.